The summed E-state index contributed by atoms with van der Waals surface area (Å²) in [5.74, 6) is -0.00386. The van der Waals surface area contributed by atoms with Crippen LogP contribution in [0.4, 0.5) is 5.69 Å². The Labute approximate surface area is 148 Å². The lowest BCUT2D eigenvalue weighted by Gasteiger charge is -2.09. The van der Waals surface area contributed by atoms with Crippen LogP contribution in [0.2, 0.25) is 0 Å². The van der Waals surface area contributed by atoms with E-state index in [0.717, 1.165) is 0 Å². The molecule has 0 aliphatic heterocycles. The summed E-state index contributed by atoms with van der Waals surface area (Å²) >= 11 is 0. The maximum atomic E-state index is 12.0. The van der Waals surface area contributed by atoms with Crippen molar-refractivity contribution in [1.82, 2.24) is 20.2 Å². The molecule has 0 unspecified atom stereocenters. The summed E-state index contributed by atoms with van der Waals surface area (Å²) in [6.07, 6.45) is 1.43. The van der Waals surface area contributed by atoms with E-state index in [2.05, 4.69) is 20.8 Å². The molecular formula is C15H14N6O4S. The van der Waals surface area contributed by atoms with Gasteiger partial charge in [-0.1, -0.05) is 12.1 Å². The minimum atomic E-state index is -3.84. The summed E-state index contributed by atoms with van der Waals surface area (Å²) in [4.78, 5) is 11.9. The first-order valence-corrected chi connectivity index (χ1v) is 8.85. The highest BCUT2D eigenvalue weighted by Gasteiger charge is 2.10. The van der Waals surface area contributed by atoms with Gasteiger partial charge in [-0.3, -0.25) is 4.79 Å². The predicted octanol–water partition coefficient (Wildman–Crippen LogP) is 0.327. The molecule has 26 heavy (non-hydrogen) atoms. The van der Waals surface area contributed by atoms with E-state index in [1.165, 1.54) is 29.2 Å². The number of nitrogens with two attached hydrogens (primary N) is 1. The third-order valence-corrected chi connectivity index (χ3v) is 4.16. The molecule has 0 aliphatic carbocycles. The quantitative estimate of drug-likeness (QED) is 0.633. The van der Waals surface area contributed by atoms with Crippen LogP contribution in [-0.4, -0.2) is 41.1 Å². The summed E-state index contributed by atoms with van der Waals surface area (Å²) in [5, 5.41) is 18.5. The molecule has 0 atom stereocenters. The second kappa shape index (κ2) is 7.29. The molecule has 0 fully saturated rings. The Morgan fingerprint density at radius 3 is 2.73 bits per heavy atom. The SMILES string of the molecule is NS(=O)(=O)c1cccc(NC(=O)COc2cccc(-n3cnnn3)c2)c1. The molecule has 0 radical (unpaired) electrons. The van der Waals surface area contributed by atoms with Gasteiger partial charge >= 0.3 is 0 Å². The molecule has 1 aromatic heterocycles. The fourth-order valence-electron chi connectivity index (χ4n) is 2.09. The number of anilines is 1. The van der Waals surface area contributed by atoms with Gasteiger partial charge in [-0.15, -0.1) is 5.10 Å². The number of amides is 1. The number of carbonyl (C=O) groups excluding carboxylic acids is 1. The van der Waals surface area contributed by atoms with E-state index in [1.54, 1.807) is 30.3 Å². The second-order valence-electron chi connectivity index (χ2n) is 5.16. The topological polar surface area (TPSA) is 142 Å². The Balaban J connectivity index is 1.62. The van der Waals surface area contributed by atoms with Crippen LogP contribution in [0.25, 0.3) is 5.69 Å². The number of carbonyl (C=O) groups is 1. The van der Waals surface area contributed by atoms with Gasteiger partial charge in [-0.05, 0) is 40.8 Å². The van der Waals surface area contributed by atoms with Gasteiger partial charge in [0.2, 0.25) is 10.0 Å². The Bertz CT molecular complexity index is 1020. The lowest BCUT2D eigenvalue weighted by Crippen LogP contribution is -2.20. The third kappa shape index (κ3) is 4.40. The number of nitrogens with one attached hydrogen (secondary N) is 1. The number of tetrazole rings is 1. The van der Waals surface area contributed by atoms with Crippen LogP contribution in [-0.2, 0) is 14.8 Å². The van der Waals surface area contributed by atoms with Crippen LogP contribution in [0.15, 0.2) is 59.8 Å². The number of nitrogens with zero attached hydrogens (tertiary/aromatic N) is 4. The Kier molecular flexibility index (Phi) is 4.91. The first-order chi connectivity index (χ1) is 12.4. The van der Waals surface area contributed by atoms with Gasteiger partial charge in [0.05, 0.1) is 10.6 Å². The first kappa shape index (κ1) is 17.5. The van der Waals surface area contributed by atoms with Crippen molar-refractivity contribution in [1.29, 1.82) is 0 Å². The molecule has 11 heteroatoms. The fourth-order valence-corrected chi connectivity index (χ4v) is 2.65. The molecule has 1 heterocycles. The van der Waals surface area contributed by atoms with E-state index >= 15 is 0 Å². The van der Waals surface area contributed by atoms with Gasteiger partial charge in [0.15, 0.2) is 6.61 Å². The van der Waals surface area contributed by atoms with Gasteiger partial charge in [0, 0.05) is 11.8 Å². The molecular weight excluding hydrogens is 360 g/mol. The van der Waals surface area contributed by atoms with Crippen LogP contribution in [0.5, 0.6) is 5.75 Å². The van der Waals surface area contributed by atoms with Crippen molar-refractivity contribution < 1.29 is 17.9 Å². The van der Waals surface area contributed by atoms with Crippen molar-refractivity contribution in [2.24, 2.45) is 5.14 Å². The van der Waals surface area contributed by atoms with Gasteiger partial charge in [0.1, 0.15) is 12.1 Å². The zero-order valence-corrected chi connectivity index (χ0v) is 14.1. The van der Waals surface area contributed by atoms with Crippen molar-refractivity contribution in [3.8, 4) is 11.4 Å². The Morgan fingerprint density at radius 2 is 2.00 bits per heavy atom. The van der Waals surface area contributed by atoms with Crippen molar-refractivity contribution in [2.75, 3.05) is 11.9 Å². The number of ether oxygens (including phenoxy) is 1. The number of hydrogen-bond acceptors (Lipinski definition) is 7. The molecule has 2 aromatic carbocycles. The minimum Gasteiger partial charge on any atom is -0.484 e. The zero-order valence-electron chi connectivity index (χ0n) is 13.3. The normalized spacial score (nSPS) is 11.1. The Morgan fingerprint density at radius 1 is 1.19 bits per heavy atom. The molecule has 3 N–H and O–H groups in total. The smallest absolute Gasteiger partial charge is 0.262 e. The highest BCUT2D eigenvalue weighted by Crippen LogP contribution is 2.16. The number of primary sulfonamides is 1. The molecule has 3 rings (SSSR count). The van der Waals surface area contributed by atoms with Crippen molar-refractivity contribution >= 4 is 21.6 Å². The molecule has 0 saturated carbocycles. The van der Waals surface area contributed by atoms with Gasteiger partial charge < -0.3 is 10.1 Å². The lowest BCUT2D eigenvalue weighted by molar-refractivity contribution is -0.118. The van der Waals surface area contributed by atoms with Crippen LogP contribution in [0.3, 0.4) is 0 Å². The number of benzene rings is 2. The van der Waals surface area contributed by atoms with E-state index in [0.29, 0.717) is 17.1 Å². The van der Waals surface area contributed by atoms with E-state index in [-0.39, 0.29) is 11.5 Å². The van der Waals surface area contributed by atoms with Crippen LogP contribution in [0, 0.1) is 0 Å². The van der Waals surface area contributed by atoms with Crippen LogP contribution in [0.1, 0.15) is 0 Å². The highest BCUT2D eigenvalue weighted by atomic mass is 32.2. The maximum Gasteiger partial charge on any atom is 0.262 e. The second-order valence-corrected chi connectivity index (χ2v) is 6.72. The molecule has 0 bridgehead atoms. The summed E-state index contributed by atoms with van der Waals surface area (Å²) in [6.45, 7) is -0.265. The van der Waals surface area contributed by atoms with Gasteiger partial charge in [-0.25, -0.2) is 18.2 Å². The number of rotatable bonds is 6. The van der Waals surface area contributed by atoms with Crippen molar-refractivity contribution in [3.63, 3.8) is 0 Å². The molecule has 1 amide bonds. The summed E-state index contributed by atoms with van der Waals surface area (Å²) in [6, 6.07) is 12.5. The highest BCUT2D eigenvalue weighted by molar-refractivity contribution is 7.89. The van der Waals surface area contributed by atoms with Gasteiger partial charge in [-0.2, -0.15) is 0 Å². The molecule has 0 saturated heterocycles. The van der Waals surface area contributed by atoms with Crippen LogP contribution < -0.4 is 15.2 Å². The lowest BCUT2D eigenvalue weighted by atomic mass is 10.3. The van der Waals surface area contributed by atoms with Gasteiger partial charge in [0.25, 0.3) is 5.91 Å². The number of aromatic nitrogens is 4. The average molecular weight is 374 g/mol. The minimum absolute atomic E-state index is 0.0923. The molecule has 0 aliphatic rings. The first-order valence-electron chi connectivity index (χ1n) is 7.31. The Hall–Kier alpha value is -3.31. The monoisotopic (exact) mass is 374 g/mol. The summed E-state index contributed by atoms with van der Waals surface area (Å²) in [5.41, 5.74) is 0.973. The summed E-state index contributed by atoms with van der Waals surface area (Å²) in [7, 11) is -3.84. The number of sulfonamides is 1. The number of hydrogen-bond donors (Lipinski definition) is 2. The predicted molar refractivity (Wildman–Crippen MR) is 91.1 cm³/mol. The molecule has 134 valence electrons. The molecule has 3 aromatic rings. The zero-order chi connectivity index (χ0) is 18.6. The van der Waals surface area contributed by atoms with Crippen molar-refractivity contribution in [2.45, 2.75) is 4.90 Å². The van der Waals surface area contributed by atoms with E-state index < -0.39 is 15.9 Å². The van der Waals surface area contributed by atoms with E-state index in [9.17, 15) is 13.2 Å². The maximum absolute atomic E-state index is 12.0. The largest absolute Gasteiger partial charge is 0.484 e. The summed E-state index contributed by atoms with van der Waals surface area (Å²) < 4.78 is 29.6. The standard InChI is InChI=1S/C15H14N6O4S/c16-26(23,24)14-6-1-3-11(7-14)18-15(22)9-25-13-5-2-4-12(8-13)21-10-17-19-20-21/h1-8,10H,9H2,(H,18,22)(H2,16,23,24). The van der Waals surface area contributed by atoms with E-state index in [4.69, 9.17) is 9.88 Å². The third-order valence-electron chi connectivity index (χ3n) is 3.25. The fraction of sp³-hybridized carbons (Fsp3) is 0.0667. The van der Waals surface area contributed by atoms with Crippen molar-refractivity contribution in [3.05, 3.63) is 54.9 Å². The molecule has 0 spiro atoms. The van der Waals surface area contributed by atoms with Crippen LogP contribution >= 0.6 is 0 Å². The molecule has 10 nitrogen and oxygen atoms in total. The van der Waals surface area contributed by atoms with E-state index in [1.807, 2.05) is 0 Å². The average Bonchev–Trinajstić information content (AvgIpc) is 3.14.